The Balaban J connectivity index is 1.47. The van der Waals surface area contributed by atoms with Gasteiger partial charge in [0.25, 0.3) is 0 Å². The van der Waals surface area contributed by atoms with Gasteiger partial charge in [-0.2, -0.15) is 10.2 Å². The average Bonchev–Trinajstić information content (AvgIpc) is 3.34. The van der Waals surface area contributed by atoms with Crippen molar-refractivity contribution in [1.82, 2.24) is 39.8 Å². The SMILES string of the molecule is Cn1cc(C2CN(Cc3[nH]nc4ncccc34)Cc3[nH]cnc32)cn1. The van der Waals surface area contributed by atoms with Gasteiger partial charge >= 0.3 is 0 Å². The van der Waals surface area contributed by atoms with Crippen molar-refractivity contribution < 1.29 is 0 Å². The minimum Gasteiger partial charge on any atom is -0.347 e. The molecular formula is C17H18N8. The fourth-order valence-corrected chi connectivity index (χ4v) is 3.64. The summed E-state index contributed by atoms with van der Waals surface area (Å²) in [6.07, 6.45) is 7.56. The summed E-state index contributed by atoms with van der Waals surface area (Å²) in [5.41, 5.74) is 5.34. The van der Waals surface area contributed by atoms with E-state index < -0.39 is 0 Å². The predicted molar refractivity (Wildman–Crippen MR) is 91.6 cm³/mol. The Kier molecular flexibility index (Phi) is 3.17. The molecule has 8 nitrogen and oxygen atoms in total. The number of nitrogens with one attached hydrogen (secondary N) is 2. The number of hydrogen-bond donors (Lipinski definition) is 2. The van der Waals surface area contributed by atoms with E-state index in [1.807, 2.05) is 24.0 Å². The van der Waals surface area contributed by atoms with E-state index in [4.69, 9.17) is 0 Å². The molecule has 0 fully saturated rings. The Hall–Kier alpha value is -3.00. The summed E-state index contributed by atoms with van der Waals surface area (Å²) in [5.74, 6) is 0.219. The lowest BCUT2D eigenvalue weighted by Gasteiger charge is -2.31. The molecule has 0 aliphatic carbocycles. The Bertz CT molecular complexity index is 1030. The molecule has 0 amide bonds. The zero-order valence-electron chi connectivity index (χ0n) is 13.8. The molecule has 0 spiro atoms. The number of aromatic nitrogens is 7. The van der Waals surface area contributed by atoms with Gasteiger partial charge in [-0.15, -0.1) is 0 Å². The minimum atomic E-state index is 0.219. The van der Waals surface area contributed by atoms with Gasteiger partial charge in [-0.3, -0.25) is 14.7 Å². The molecule has 4 aromatic rings. The third kappa shape index (κ3) is 2.42. The van der Waals surface area contributed by atoms with Crippen molar-refractivity contribution in [1.29, 1.82) is 0 Å². The quantitative estimate of drug-likeness (QED) is 0.593. The maximum absolute atomic E-state index is 4.56. The topological polar surface area (TPSA) is 91.3 Å². The highest BCUT2D eigenvalue weighted by atomic mass is 15.2. The molecule has 8 heteroatoms. The Morgan fingerprint density at radius 2 is 2.28 bits per heavy atom. The van der Waals surface area contributed by atoms with Crippen LogP contribution in [-0.4, -0.2) is 46.4 Å². The van der Waals surface area contributed by atoms with Crippen LogP contribution in [0.4, 0.5) is 0 Å². The van der Waals surface area contributed by atoms with Crippen molar-refractivity contribution in [3.63, 3.8) is 0 Å². The van der Waals surface area contributed by atoms with Crippen LogP contribution >= 0.6 is 0 Å². The number of nitrogens with zero attached hydrogens (tertiary/aromatic N) is 6. The van der Waals surface area contributed by atoms with Crippen LogP contribution in [0.2, 0.25) is 0 Å². The number of aryl methyl sites for hydroxylation is 1. The van der Waals surface area contributed by atoms with Crippen LogP contribution in [0.3, 0.4) is 0 Å². The van der Waals surface area contributed by atoms with E-state index in [1.165, 1.54) is 11.3 Å². The molecule has 1 atom stereocenters. The molecule has 1 unspecified atom stereocenters. The number of imidazole rings is 1. The summed E-state index contributed by atoms with van der Waals surface area (Å²) in [4.78, 5) is 14.5. The molecule has 5 heterocycles. The summed E-state index contributed by atoms with van der Waals surface area (Å²) >= 11 is 0. The monoisotopic (exact) mass is 334 g/mol. The summed E-state index contributed by atoms with van der Waals surface area (Å²) in [5, 5.41) is 12.8. The highest BCUT2D eigenvalue weighted by molar-refractivity contribution is 5.77. The van der Waals surface area contributed by atoms with Crippen LogP contribution < -0.4 is 0 Å². The number of H-pyrrole nitrogens is 2. The van der Waals surface area contributed by atoms with E-state index in [2.05, 4.69) is 47.4 Å². The molecule has 0 aromatic carbocycles. The average molecular weight is 334 g/mol. The van der Waals surface area contributed by atoms with Gasteiger partial charge in [-0.1, -0.05) is 0 Å². The number of hydrogen-bond acceptors (Lipinski definition) is 5. The lowest BCUT2D eigenvalue weighted by Crippen LogP contribution is -2.34. The van der Waals surface area contributed by atoms with Gasteiger partial charge in [0.2, 0.25) is 0 Å². The van der Waals surface area contributed by atoms with E-state index in [-0.39, 0.29) is 5.92 Å². The van der Waals surface area contributed by atoms with Crippen LogP contribution in [0.25, 0.3) is 11.0 Å². The first-order valence-electron chi connectivity index (χ1n) is 8.29. The highest BCUT2D eigenvalue weighted by Crippen LogP contribution is 2.32. The lowest BCUT2D eigenvalue weighted by molar-refractivity contribution is 0.226. The first kappa shape index (κ1) is 14.4. The summed E-state index contributed by atoms with van der Waals surface area (Å²) in [6, 6.07) is 4.01. The van der Waals surface area contributed by atoms with Crippen molar-refractivity contribution in [2.45, 2.75) is 19.0 Å². The molecule has 2 N–H and O–H groups in total. The fraction of sp³-hybridized carbons (Fsp3) is 0.294. The Labute approximate surface area is 143 Å². The van der Waals surface area contributed by atoms with Crippen LogP contribution in [0, 0.1) is 0 Å². The van der Waals surface area contributed by atoms with Gasteiger partial charge in [0, 0.05) is 55.9 Å². The first-order valence-corrected chi connectivity index (χ1v) is 8.29. The molecular weight excluding hydrogens is 316 g/mol. The van der Waals surface area contributed by atoms with Crippen LogP contribution in [0.15, 0.2) is 37.1 Å². The van der Waals surface area contributed by atoms with Crippen molar-refractivity contribution in [2.24, 2.45) is 7.05 Å². The van der Waals surface area contributed by atoms with E-state index in [9.17, 15) is 0 Å². The minimum absolute atomic E-state index is 0.219. The summed E-state index contributed by atoms with van der Waals surface area (Å²) in [7, 11) is 1.94. The third-order valence-corrected chi connectivity index (χ3v) is 4.82. The molecule has 4 aromatic heterocycles. The Morgan fingerprint density at radius 1 is 1.32 bits per heavy atom. The number of pyridine rings is 1. The molecule has 0 bridgehead atoms. The van der Waals surface area contributed by atoms with Gasteiger partial charge in [0.1, 0.15) is 0 Å². The first-order chi connectivity index (χ1) is 12.3. The maximum Gasteiger partial charge on any atom is 0.181 e. The molecule has 1 aliphatic heterocycles. The molecule has 25 heavy (non-hydrogen) atoms. The number of fused-ring (bicyclic) bond motifs is 2. The van der Waals surface area contributed by atoms with E-state index in [0.29, 0.717) is 0 Å². The van der Waals surface area contributed by atoms with Crippen molar-refractivity contribution >= 4 is 11.0 Å². The molecule has 0 saturated heterocycles. The largest absolute Gasteiger partial charge is 0.347 e. The standard InChI is InChI=1S/C17H18N8/c1-24-6-11(5-21-24)13-7-25(9-15-16(13)20-10-19-15)8-14-12-3-2-4-18-17(12)23-22-14/h2-6,10,13H,7-9H2,1H3,(H,19,20)(H,18,22,23). The van der Waals surface area contributed by atoms with Gasteiger partial charge < -0.3 is 4.98 Å². The second-order valence-corrected chi connectivity index (χ2v) is 6.51. The molecule has 126 valence electrons. The third-order valence-electron chi connectivity index (χ3n) is 4.82. The van der Waals surface area contributed by atoms with Crippen LogP contribution in [0.1, 0.15) is 28.6 Å². The fourth-order valence-electron chi connectivity index (χ4n) is 3.64. The van der Waals surface area contributed by atoms with Gasteiger partial charge in [0.15, 0.2) is 5.65 Å². The summed E-state index contributed by atoms with van der Waals surface area (Å²) in [6.45, 7) is 2.52. The van der Waals surface area contributed by atoms with E-state index in [0.717, 1.165) is 42.1 Å². The van der Waals surface area contributed by atoms with E-state index in [1.54, 1.807) is 12.5 Å². The lowest BCUT2D eigenvalue weighted by atomic mass is 9.93. The molecule has 5 rings (SSSR count). The summed E-state index contributed by atoms with van der Waals surface area (Å²) < 4.78 is 1.84. The maximum atomic E-state index is 4.56. The van der Waals surface area contributed by atoms with Gasteiger partial charge in [-0.05, 0) is 12.1 Å². The van der Waals surface area contributed by atoms with Crippen LogP contribution in [-0.2, 0) is 20.1 Å². The van der Waals surface area contributed by atoms with E-state index >= 15 is 0 Å². The second-order valence-electron chi connectivity index (χ2n) is 6.51. The highest BCUT2D eigenvalue weighted by Gasteiger charge is 2.30. The number of aromatic amines is 2. The van der Waals surface area contributed by atoms with Crippen molar-refractivity contribution in [3.05, 3.63) is 59.7 Å². The normalized spacial score (nSPS) is 17.9. The molecule has 0 radical (unpaired) electrons. The van der Waals surface area contributed by atoms with Gasteiger partial charge in [-0.25, -0.2) is 9.97 Å². The molecule has 1 aliphatic rings. The van der Waals surface area contributed by atoms with Crippen molar-refractivity contribution in [3.8, 4) is 0 Å². The zero-order chi connectivity index (χ0) is 16.8. The Morgan fingerprint density at radius 3 is 3.16 bits per heavy atom. The number of rotatable bonds is 3. The second kappa shape index (κ2) is 5.52. The predicted octanol–water partition coefficient (Wildman–Crippen LogP) is 1.56. The van der Waals surface area contributed by atoms with Gasteiger partial charge in [0.05, 0.1) is 29.6 Å². The van der Waals surface area contributed by atoms with Crippen LogP contribution in [0.5, 0.6) is 0 Å². The molecule has 0 saturated carbocycles. The smallest absolute Gasteiger partial charge is 0.181 e. The van der Waals surface area contributed by atoms with Crippen molar-refractivity contribution in [2.75, 3.05) is 6.54 Å². The zero-order valence-corrected chi connectivity index (χ0v) is 13.8.